The predicted molar refractivity (Wildman–Crippen MR) is 150 cm³/mol. The van der Waals surface area contributed by atoms with Gasteiger partial charge in [0.05, 0.1) is 12.1 Å². The van der Waals surface area contributed by atoms with Gasteiger partial charge in [0, 0.05) is 36.4 Å². The van der Waals surface area contributed by atoms with Crippen LogP contribution in [0.4, 0.5) is 10.5 Å². The van der Waals surface area contributed by atoms with Gasteiger partial charge in [0.15, 0.2) is 17.6 Å². The van der Waals surface area contributed by atoms with Gasteiger partial charge in [0.25, 0.3) is 0 Å². The Balaban J connectivity index is 1.24. The zero-order chi connectivity index (χ0) is 26.7. The second kappa shape index (κ2) is 11.1. The molecule has 3 heterocycles. The van der Waals surface area contributed by atoms with Crippen molar-refractivity contribution in [1.82, 2.24) is 9.88 Å². The van der Waals surface area contributed by atoms with Gasteiger partial charge in [-0.05, 0) is 89.3 Å². The summed E-state index contributed by atoms with van der Waals surface area (Å²) in [5, 5.41) is 0.920. The highest BCUT2D eigenvalue weighted by Gasteiger charge is 2.29. The van der Waals surface area contributed by atoms with Gasteiger partial charge in [0.1, 0.15) is 12.2 Å². The van der Waals surface area contributed by atoms with E-state index in [4.69, 9.17) is 14.2 Å². The molecule has 0 radical (unpaired) electrons. The second-order valence-corrected chi connectivity index (χ2v) is 11.3. The maximum atomic E-state index is 13.2. The van der Waals surface area contributed by atoms with Crippen LogP contribution in [-0.2, 0) is 11.2 Å². The molecule has 202 valence electrons. The number of benzene rings is 2. The minimum absolute atomic E-state index is 0.295. The van der Waals surface area contributed by atoms with Crippen LogP contribution in [0.1, 0.15) is 51.3 Å². The lowest BCUT2D eigenvalue weighted by atomic mass is 10.0. The maximum absolute atomic E-state index is 13.2. The molecule has 7 heteroatoms. The molecule has 2 aliphatic rings. The molecule has 2 aromatic carbocycles. The summed E-state index contributed by atoms with van der Waals surface area (Å²) in [6.07, 6.45) is 3.60. The third-order valence-corrected chi connectivity index (χ3v) is 7.02. The highest BCUT2D eigenvalue weighted by atomic mass is 16.6. The van der Waals surface area contributed by atoms with Gasteiger partial charge >= 0.3 is 6.09 Å². The number of rotatable bonds is 7. The molecule has 0 aliphatic carbocycles. The number of carbonyl (C=O) groups is 1. The molecule has 3 aromatic rings. The quantitative estimate of drug-likeness (QED) is 0.350. The summed E-state index contributed by atoms with van der Waals surface area (Å²) in [6.45, 7) is 11.1. The molecule has 0 spiro atoms. The lowest BCUT2D eigenvalue weighted by Gasteiger charge is -2.34. The normalized spacial score (nSPS) is 16.7. The number of unbranched alkanes of at least 4 members (excludes halogenated alkanes) is 1. The van der Waals surface area contributed by atoms with Crippen LogP contribution in [0, 0.1) is 6.92 Å². The van der Waals surface area contributed by atoms with Crippen molar-refractivity contribution in [2.75, 3.05) is 37.7 Å². The summed E-state index contributed by atoms with van der Waals surface area (Å²) in [6, 6.07) is 16.6. The third-order valence-electron chi connectivity index (χ3n) is 7.02. The minimum Gasteiger partial charge on any atom is -0.486 e. The van der Waals surface area contributed by atoms with Gasteiger partial charge in [-0.1, -0.05) is 18.2 Å². The van der Waals surface area contributed by atoms with Gasteiger partial charge in [-0.25, -0.2) is 4.79 Å². The summed E-state index contributed by atoms with van der Waals surface area (Å²) in [4.78, 5) is 22.0. The molecule has 5 rings (SSSR count). The molecule has 0 saturated heterocycles. The number of hydrogen-bond acceptors (Lipinski definition) is 6. The molecule has 0 N–H and O–H groups in total. The number of anilines is 1. The first-order valence-electron chi connectivity index (χ1n) is 13.8. The largest absolute Gasteiger partial charge is 0.486 e. The van der Waals surface area contributed by atoms with Crippen molar-refractivity contribution in [1.29, 1.82) is 0 Å². The van der Waals surface area contributed by atoms with E-state index in [-0.39, 0.29) is 12.2 Å². The topological polar surface area (TPSA) is 64.1 Å². The molecule has 1 aromatic heterocycles. The predicted octanol–water partition coefficient (Wildman–Crippen LogP) is 6.15. The van der Waals surface area contributed by atoms with E-state index >= 15 is 0 Å². The first-order valence-corrected chi connectivity index (χ1v) is 13.8. The number of para-hydroxylation sites is 1. The van der Waals surface area contributed by atoms with Crippen molar-refractivity contribution >= 4 is 22.7 Å². The van der Waals surface area contributed by atoms with E-state index in [0.717, 1.165) is 48.9 Å². The fourth-order valence-electron chi connectivity index (χ4n) is 5.25. The van der Waals surface area contributed by atoms with Gasteiger partial charge in [-0.15, -0.1) is 0 Å². The van der Waals surface area contributed by atoms with Crippen LogP contribution < -0.4 is 14.4 Å². The fraction of sp³-hybridized carbons (Fsp3) is 0.484. The third kappa shape index (κ3) is 6.14. The Bertz CT molecular complexity index is 1290. The van der Waals surface area contributed by atoms with Crippen LogP contribution in [0.5, 0.6) is 11.5 Å². The number of carbonyl (C=O) groups excluding carboxylic acids is 1. The average molecular weight is 518 g/mol. The molecular weight excluding hydrogens is 478 g/mol. The number of hydrogen-bond donors (Lipinski definition) is 0. The Morgan fingerprint density at radius 3 is 2.82 bits per heavy atom. The first-order chi connectivity index (χ1) is 18.3. The van der Waals surface area contributed by atoms with Gasteiger partial charge in [0.2, 0.25) is 0 Å². The highest BCUT2D eigenvalue weighted by Crippen LogP contribution is 2.38. The number of fused-ring (bicyclic) bond motifs is 4. The Morgan fingerprint density at radius 2 is 1.97 bits per heavy atom. The summed E-state index contributed by atoms with van der Waals surface area (Å²) < 4.78 is 18.2. The Kier molecular flexibility index (Phi) is 7.63. The summed E-state index contributed by atoms with van der Waals surface area (Å²) >= 11 is 0. The number of aryl methyl sites for hydroxylation is 2. The maximum Gasteiger partial charge on any atom is 0.410 e. The molecule has 38 heavy (non-hydrogen) atoms. The lowest BCUT2D eigenvalue weighted by Crippen LogP contribution is -2.46. The van der Waals surface area contributed by atoms with Gasteiger partial charge in [-0.2, -0.15) is 0 Å². The summed E-state index contributed by atoms with van der Waals surface area (Å²) in [5.74, 6) is 1.41. The molecular formula is C31H39N3O4. The van der Waals surface area contributed by atoms with E-state index in [2.05, 4.69) is 34.1 Å². The average Bonchev–Trinajstić information content (AvgIpc) is 2.89. The van der Waals surface area contributed by atoms with Crippen LogP contribution in [0.2, 0.25) is 0 Å². The van der Waals surface area contributed by atoms with Crippen LogP contribution in [0.15, 0.2) is 48.5 Å². The molecule has 0 bridgehead atoms. The van der Waals surface area contributed by atoms with Crippen LogP contribution in [0.25, 0.3) is 10.9 Å². The number of amides is 1. The zero-order valence-corrected chi connectivity index (χ0v) is 23.0. The molecule has 1 amide bonds. The van der Waals surface area contributed by atoms with Crippen LogP contribution >= 0.6 is 0 Å². The van der Waals surface area contributed by atoms with Crippen LogP contribution in [0.3, 0.4) is 0 Å². The number of aromatic nitrogens is 1. The van der Waals surface area contributed by atoms with E-state index in [9.17, 15) is 4.79 Å². The Morgan fingerprint density at radius 1 is 1.13 bits per heavy atom. The van der Waals surface area contributed by atoms with Crippen molar-refractivity contribution in [2.24, 2.45) is 0 Å². The van der Waals surface area contributed by atoms with E-state index in [1.54, 1.807) is 4.90 Å². The molecule has 1 atom stereocenters. The van der Waals surface area contributed by atoms with E-state index < -0.39 is 5.60 Å². The molecule has 7 nitrogen and oxygen atoms in total. The van der Waals surface area contributed by atoms with Gasteiger partial charge < -0.3 is 24.0 Å². The molecule has 2 aliphatic heterocycles. The second-order valence-electron chi connectivity index (χ2n) is 11.3. The summed E-state index contributed by atoms with van der Waals surface area (Å²) in [7, 11) is 0. The van der Waals surface area contributed by atoms with Crippen molar-refractivity contribution in [2.45, 2.75) is 65.1 Å². The van der Waals surface area contributed by atoms with Crippen molar-refractivity contribution in [3.05, 3.63) is 59.8 Å². The Hall–Kier alpha value is -3.48. The van der Waals surface area contributed by atoms with Crippen molar-refractivity contribution in [3.63, 3.8) is 0 Å². The Labute approximate surface area is 225 Å². The molecule has 0 unspecified atom stereocenters. The minimum atomic E-state index is -0.566. The zero-order valence-electron chi connectivity index (χ0n) is 23.0. The van der Waals surface area contributed by atoms with Crippen molar-refractivity contribution < 1.29 is 19.0 Å². The monoisotopic (exact) mass is 517 g/mol. The first kappa shape index (κ1) is 26.1. The smallest absolute Gasteiger partial charge is 0.410 e. The highest BCUT2D eigenvalue weighted by molar-refractivity contribution is 5.88. The van der Waals surface area contributed by atoms with Gasteiger partial charge in [-0.3, -0.25) is 4.98 Å². The number of pyridine rings is 1. The number of ether oxygens (including phenoxy) is 3. The summed E-state index contributed by atoms with van der Waals surface area (Å²) in [5.41, 5.74) is 4.04. The van der Waals surface area contributed by atoms with E-state index in [0.29, 0.717) is 31.2 Å². The lowest BCUT2D eigenvalue weighted by molar-refractivity contribution is 0.00834. The van der Waals surface area contributed by atoms with E-state index in [1.165, 1.54) is 17.7 Å². The molecule has 0 saturated carbocycles. The van der Waals surface area contributed by atoms with Crippen molar-refractivity contribution in [3.8, 4) is 11.5 Å². The standard InChI is InChI=1S/C31H39N3O4/c1-22-13-14-25-26(32-22)15-16-28-29(25)37-24(21-36-28)20-34(30(35)38-31(2,3)4)18-8-7-17-33-19-9-11-23-10-5-6-12-27(23)33/h5-6,10,12-16,24H,7-9,11,17-21H2,1-4H3/t24-/m0/s1. The molecule has 0 fully saturated rings. The van der Waals surface area contributed by atoms with Crippen LogP contribution in [-0.4, -0.2) is 60.5 Å². The van der Waals surface area contributed by atoms with E-state index in [1.807, 2.05) is 52.0 Å². The SMILES string of the molecule is Cc1ccc2c3c(ccc2n1)OC[C@H](CN(CCCCN1CCCc2ccccc21)C(=O)OC(C)(C)C)O3. The fourth-order valence-corrected chi connectivity index (χ4v) is 5.25. The number of nitrogens with zero attached hydrogens (tertiary/aromatic N) is 3.